The number of para-hydroxylation sites is 1. The van der Waals surface area contributed by atoms with E-state index in [0.717, 1.165) is 11.7 Å². The lowest BCUT2D eigenvalue weighted by Crippen LogP contribution is -2.50. The Morgan fingerprint density at radius 3 is 2.72 bits per heavy atom. The van der Waals surface area contributed by atoms with Crippen molar-refractivity contribution in [3.05, 3.63) is 59.4 Å². The number of benzene rings is 1. The Kier molecular flexibility index (Phi) is 3.78. The minimum Gasteiger partial charge on any atom is -0.487 e. The minimum atomic E-state index is 0.0907. The Morgan fingerprint density at radius 2 is 1.84 bits per heavy atom. The number of nitrogens with zero attached hydrogens (tertiary/aromatic N) is 2. The summed E-state index contributed by atoms with van der Waals surface area (Å²) in [5, 5.41) is 0. The molecule has 1 unspecified atom stereocenters. The van der Waals surface area contributed by atoms with Crippen LogP contribution in [0.15, 0.2) is 42.7 Å². The van der Waals surface area contributed by atoms with E-state index in [4.69, 9.17) is 4.74 Å². The van der Waals surface area contributed by atoms with Gasteiger partial charge in [0.25, 0.3) is 0 Å². The van der Waals surface area contributed by atoms with Crippen LogP contribution in [0.5, 0.6) is 5.75 Å². The summed E-state index contributed by atoms with van der Waals surface area (Å²) in [4.78, 5) is 6.95. The van der Waals surface area contributed by atoms with Crippen molar-refractivity contribution in [3.8, 4) is 5.75 Å². The minimum absolute atomic E-state index is 0.0907. The van der Waals surface area contributed by atoms with Gasteiger partial charge in [0.2, 0.25) is 0 Å². The summed E-state index contributed by atoms with van der Waals surface area (Å²) in [6.07, 6.45) is 11.1. The van der Waals surface area contributed by atoms with E-state index < -0.39 is 0 Å². The van der Waals surface area contributed by atoms with E-state index in [1.165, 1.54) is 74.8 Å². The van der Waals surface area contributed by atoms with Gasteiger partial charge in [0.15, 0.2) is 0 Å². The quantitative estimate of drug-likeness (QED) is 0.838. The highest BCUT2D eigenvalue weighted by atomic mass is 16.5. The molecule has 1 spiro atoms. The third kappa shape index (κ3) is 2.95. The maximum atomic E-state index is 6.49. The van der Waals surface area contributed by atoms with Crippen LogP contribution < -0.4 is 4.74 Å². The van der Waals surface area contributed by atoms with Gasteiger partial charge < -0.3 is 9.64 Å². The second-order valence-corrected chi connectivity index (χ2v) is 8.11. The number of hydrogen-bond donors (Lipinski definition) is 0. The molecule has 2 aromatic rings. The van der Waals surface area contributed by atoms with Gasteiger partial charge in [-0.2, -0.15) is 0 Å². The van der Waals surface area contributed by atoms with Gasteiger partial charge in [0.05, 0.1) is 0 Å². The molecular weight excluding hydrogens is 308 g/mol. The average Bonchev–Trinajstić information content (AvgIpc) is 3.06. The molecular formula is C22H26N2O. The van der Waals surface area contributed by atoms with Gasteiger partial charge >= 0.3 is 0 Å². The van der Waals surface area contributed by atoms with Gasteiger partial charge in [-0.05, 0) is 73.3 Å². The summed E-state index contributed by atoms with van der Waals surface area (Å²) in [7, 11) is 0. The zero-order valence-corrected chi connectivity index (χ0v) is 14.8. The standard InChI is InChI=1S/C22H26N2O/c1-2-4-21-18(3-1)5-7-22(25-21)8-11-24(12-9-22)16-17-13-19-6-10-23-15-20(19)14-17/h1-4,6,10,15,17H,5,7-9,11-14,16H2. The molecule has 3 nitrogen and oxygen atoms in total. The molecule has 1 aromatic heterocycles. The normalized spacial score (nSPS) is 24.6. The van der Waals surface area contributed by atoms with E-state index in [2.05, 4.69) is 46.4 Å². The summed E-state index contributed by atoms with van der Waals surface area (Å²) in [6.45, 7) is 3.57. The van der Waals surface area contributed by atoms with Crippen LogP contribution in [-0.4, -0.2) is 35.1 Å². The molecule has 0 amide bonds. The van der Waals surface area contributed by atoms with Crippen molar-refractivity contribution in [2.45, 2.75) is 44.1 Å². The molecule has 3 aliphatic rings. The lowest BCUT2D eigenvalue weighted by atomic mass is 9.83. The van der Waals surface area contributed by atoms with Crippen LogP contribution in [0, 0.1) is 5.92 Å². The van der Waals surface area contributed by atoms with Crippen LogP contribution in [-0.2, 0) is 19.3 Å². The number of hydrogen-bond acceptors (Lipinski definition) is 3. The second kappa shape index (κ2) is 6.14. The Labute approximate surface area is 150 Å². The van der Waals surface area contributed by atoms with E-state index in [-0.39, 0.29) is 5.60 Å². The van der Waals surface area contributed by atoms with Crippen molar-refractivity contribution >= 4 is 0 Å². The van der Waals surface area contributed by atoms with Crippen LogP contribution >= 0.6 is 0 Å². The van der Waals surface area contributed by atoms with Gasteiger partial charge in [-0.3, -0.25) is 4.98 Å². The molecule has 0 radical (unpaired) electrons. The molecule has 3 heterocycles. The summed E-state index contributed by atoms with van der Waals surface area (Å²) in [6, 6.07) is 10.8. The predicted octanol–water partition coefficient (Wildman–Crippen LogP) is 3.66. The molecule has 2 aliphatic heterocycles. The summed E-state index contributed by atoms with van der Waals surface area (Å²) in [5.41, 5.74) is 4.45. The summed E-state index contributed by atoms with van der Waals surface area (Å²) in [5.74, 6) is 1.89. The highest BCUT2D eigenvalue weighted by Crippen LogP contribution is 2.39. The number of likely N-dealkylation sites (tertiary alicyclic amines) is 1. The molecule has 130 valence electrons. The van der Waals surface area contributed by atoms with Crippen LogP contribution in [0.1, 0.15) is 36.0 Å². The molecule has 0 N–H and O–H groups in total. The highest BCUT2D eigenvalue weighted by Gasteiger charge is 2.39. The first-order valence-corrected chi connectivity index (χ1v) is 9.71. The largest absolute Gasteiger partial charge is 0.487 e. The molecule has 1 aromatic carbocycles. The van der Waals surface area contributed by atoms with Crippen LogP contribution in [0.25, 0.3) is 0 Å². The van der Waals surface area contributed by atoms with Crippen LogP contribution in [0.3, 0.4) is 0 Å². The number of fused-ring (bicyclic) bond motifs is 2. The Hall–Kier alpha value is -1.87. The SMILES string of the molecule is c1ccc2c(c1)CCC1(CCN(CC3Cc4ccncc4C3)CC1)O2. The Bertz CT molecular complexity index is 739. The zero-order chi connectivity index (χ0) is 16.7. The predicted molar refractivity (Wildman–Crippen MR) is 98.9 cm³/mol. The van der Waals surface area contributed by atoms with Crippen molar-refractivity contribution < 1.29 is 4.74 Å². The van der Waals surface area contributed by atoms with Gasteiger partial charge in [-0.25, -0.2) is 0 Å². The average molecular weight is 334 g/mol. The van der Waals surface area contributed by atoms with Crippen LogP contribution in [0.4, 0.5) is 0 Å². The number of rotatable bonds is 2. The second-order valence-electron chi connectivity index (χ2n) is 8.11. The maximum Gasteiger partial charge on any atom is 0.123 e. The van der Waals surface area contributed by atoms with E-state index in [0.29, 0.717) is 0 Å². The molecule has 25 heavy (non-hydrogen) atoms. The van der Waals surface area contributed by atoms with Crippen LogP contribution in [0.2, 0.25) is 0 Å². The molecule has 5 rings (SSSR count). The maximum absolute atomic E-state index is 6.49. The van der Waals surface area contributed by atoms with Crippen molar-refractivity contribution in [1.82, 2.24) is 9.88 Å². The first kappa shape index (κ1) is 15.4. The van der Waals surface area contributed by atoms with Gasteiger partial charge in [0, 0.05) is 32.0 Å². The fourth-order valence-electron chi connectivity index (χ4n) is 4.98. The molecule has 1 atom stereocenters. The lowest BCUT2D eigenvalue weighted by Gasteiger charge is -2.45. The first-order chi connectivity index (χ1) is 12.3. The van der Waals surface area contributed by atoms with Crippen molar-refractivity contribution in [1.29, 1.82) is 0 Å². The third-order valence-electron chi connectivity index (χ3n) is 6.45. The van der Waals surface area contributed by atoms with Gasteiger partial charge in [-0.1, -0.05) is 18.2 Å². The Morgan fingerprint density at radius 1 is 1.00 bits per heavy atom. The molecule has 1 saturated heterocycles. The third-order valence-corrected chi connectivity index (χ3v) is 6.45. The van der Waals surface area contributed by atoms with E-state index in [9.17, 15) is 0 Å². The number of aromatic nitrogens is 1. The molecule has 1 fully saturated rings. The number of pyridine rings is 1. The highest BCUT2D eigenvalue weighted by molar-refractivity contribution is 5.36. The van der Waals surface area contributed by atoms with E-state index in [1.807, 2.05) is 6.20 Å². The topological polar surface area (TPSA) is 25.4 Å². The van der Waals surface area contributed by atoms with Gasteiger partial charge in [-0.15, -0.1) is 0 Å². The number of aryl methyl sites for hydroxylation is 1. The smallest absolute Gasteiger partial charge is 0.123 e. The van der Waals surface area contributed by atoms with Crippen molar-refractivity contribution in [2.75, 3.05) is 19.6 Å². The first-order valence-electron chi connectivity index (χ1n) is 9.71. The molecule has 0 bridgehead atoms. The summed E-state index contributed by atoms with van der Waals surface area (Å²) < 4.78 is 6.49. The summed E-state index contributed by atoms with van der Waals surface area (Å²) >= 11 is 0. The van der Waals surface area contributed by atoms with Gasteiger partial charge in [0.1, 0.15) is 11.4 Å². The lowest BCUT2D eigenvalue weighted by molar-refractivity contribution is -0.0172. The fraction of sp³-hybridized carbons (Fsp3) is 0.500. The zero-order valence-electron chi connectivity index (χ0n) is 14.8. The monoisotopic (exact) mass is 334 g/mol. The molecule has 0 saturated carbocycles. The van der Waals surface area contributed by atoms with Crippen molar-refractivity contribution in [3.63, 3.8) is 0 Å². The molecule has 3 heteroatoms. The van der Waals surface area contributed by atoms with E-state index in [1.54, 1.807) is 0 Å². The van der Waals surface area contributed by atoms with Crippen molar-refractivity contribution in [2.24, 2.45) is 5.92 Å². The molecule has 1 aliphatic carbocycles. The van der Waals surface area contributed by atoms with E-state index >= 15 is 0 Å². The Balaban J connectivity index is 1.19. The number of piperidine rings is 1. The number of ether oxygens (including phenoxy) is 1. The fourth-order valence-corrected chi connectivity index (χ4v) is 4.98.